The van der Waals surface area contributed by atoms with E-state index >= 15 is 0 Å². The van der Waals surface area contributed by atoms with Crippen molar-refractivity contribution in [1.82, 2.24) is 14.9 Å². The summed E-state index contributed by atoms with van der Waals surface area (Å²) in [4.78, 5) is 51.5. The fourth-order valence-electron chi connectivity index (χ4n) is 2.99. The van der Waals surface area contributed by atoms with Crippen LogP contribution in [0.1, 0.15) is 18.7 Å². The first-order valence-corrected chi connectivity index (χ1v) is 9.63. The summed E-state index contributed by atoms with van der Waals surface area (Å²) < 4.78 is 6.94. The summed E-state index contributed by atoms with van der Waals surface area (Å²) in [5.41, 5.74) is 5.71. The third-order valence-electron chi connectivity index (χ3n) is 4.44. The minimum absolute atomic E-state index is 0.0292. The molecule has 0 aliphatic rings. The smallest absolute Gasteiger partial charge is 0.405 e. The molecule has 1 aromatic carbocycles. The maximum atomic E-state index is 12.8. The van der Waals surface area contributed by atoms with Crippen LogP contribution in [0.25, 0.3) is 11.1 Å². The van der Waals surface area contributed by atoms with Crippen molar-refractivity contribution in [1.29, 1.82) is 0 Å². The van der Waals surface area contributed by atoms with Gasteiger partial charge in [-0.3, -0.25) is 14.4 Å². The van der Waals surface area contributed by atoms with Gasteiger partial charge in [-0.15, -0.1) is 0 Å². The molecule has 0 radical (unpaired) electrons. The second kappa shape index (κ2) is 10.1. The van der Waals surface area contributed by atoms with E-state index in [2.05, 4.69) is 15.6 Å². The molecule has 3 aromatic rings. The number of nitrogens with one attached hydrogen (secondary N) is 2. The lowest BCUT2D eigenvalue weighted by molar-refractivity contribution is -0.118. The van der Waals surface area contributed by atoms with Crippen LogP contribution in [0.15, 0.2) is 64.0 Å². The number of fused-ring (bicyclic) bond motifs is 1. The van der Waals surface area contributed by atoms with Crippen molar-refractivity contribution in [3.8, 4) is 0 Å². The summed E-state index contributed by atoms with van der Waals surface area (Å²) in [7, 11) is 0. The number of carbonyl (C=O) groups is 3. The number of allylic oxidation sites excluding steroid dienone is 1. The number of carbonyl (C=O) groups excluding carboxylic acids is 2. The van der Waals surface area contributed by atoms with Crippen LogP contribution >= 0.6 is 0 Å². The van der Waals surface area contributed by atoms with E-state index in [1.54, 1.807) is 18.2 Å². The topological polar surface area (TPSA) is 170 Å². The Balaban J connectivity index is 1.73. The van der Waals surface area contributed by atoms with Gasteiger partial charge in [-0.05, 0) is 43.2 Å². The van der Waals surface area contributed by atoms with E-state index in [4.69, 9.17) is 15.3 Å². The molecule has 11 heteroatoms. The van der Waals surface area contributed by atoms with Gasteiger partial charge >= 0.3 is 6.09 Å². The van der Waals surface area contributed by atoms with Gasteiger partial charge in [0.25, 0.3) is 5.56 Å². The first-order valence-electron chi connectivity index (χ1n) is 9.63. The van der Waals surface area contributed by atoms with Crippen molar-refractivity contribution < 1.29 is 23.9 Å². The number of hydrogen-bond donors (Lipinski definition) is 4. The predicted octanol–water partition coefficient (Wildman–Crippen LogP) is 1.43. The van der Waals surface area contributed by atoms with Crippen molar-refractivity contribution in [2.24, 2.45) is 5.73 Å². The van der Waals surface area contributed by atoms with Gasteiger partial charge in [-0.1, -0.05) is 18.2 Å². The van der Waals surface area contributed by atoms with E-state index in [1.807, 2.05) is 12.1 Å². The maximum Gasteiger partial charge on any atom is 0.405 e. The van der Waals surface area contributed by atoms with Crippen LogP contribution in [0.4, 0.5) is 10.5 Å². The van der Waals surface area contributed by atoms with Crippen molar-refractivity contribution in [3.05, 3.63) is 71.0 Å². The highest BCUT2D eigenvalue weighted by molar-refractivity contribution is 5.96. The molecule has 166 valence electrons. The van der Waals surface area contributed by atoms with Crippen LogP contribution in [0, 0.1) is 0 Å². The quantitative estimate of drug-likeness (QED) is 0.365. The zero-order chi connectivity index (χ0) is 23.1. The maximum absolute atomic E-state index is 12.8. The molecule has 0 aliphatic heterocycles. The normalized spacial score (nSPS) is 12.0. The Morgan fingerprint density at radius 3 is 2.72 bits per heavy atom. The Morgan fingerprint density at radius 2 is 2.00 bits per heavy atom. The Labute approximate surface area is 181 Å². The van der Waals surface area contributed by atoms with Crippen molar-refractivity contribution in [3.63, 3.8) is 0 Å². The lowest BCUT2D eigenvalue weighted by Crippen LogP contribution is -2.44. The van der Waals surface area contributed by atoms with Crippen LogP contribution < -0.4 is 21.9 Å². The number of amides is 3. The number of primary amides is 1. The number of pyridine rings is 1. The molecule has 2 aromatic heterocycles. The largest absolute Gasteiger partial charge is 0.465 e. The van der Waals surface area contributed by atoms with Gasteiger partial charge in [0.2, 0.25) is 17.7 Å². The monoisotopic (exact) mass is 439 g/mol. The number of hydrogen-bond acceptors (Lipinski definition) is 6. The van der Waals surface area contributed by atoms with E-state index in [9.17, 15) is 19.2 Å². The average Bonchev–Trinajstić information content (AvgIpc) is 3.15. The first kappa shape index (κ1) is 22.3. The molecule has 0 bridgehead atoms. The van der Waals surface area contributed by atoms with Gasteiger partial charge in [0.05, 0.1) is 0 Å². The van der Waals surface area contributed by atoms with E-state index in [-0.39, 0.29) is 25.1 Å². The van der Waals surface area contributed by atoms with E-state index in [0.717, 1.165) is 6.08 Å². The summed E-state index contributed by atoms with van der Waals surface area (Å²) in [6.07, 6.45) is 2.96. The molecule has 0 spiro atoms. The lowest BCUT2D eigenvalue weighted by atomic mass is 10.1. The number of aromatic nitrogens is 2. The first-order chi connectivity index (χ1) is 15.3. The number of oxazole rings is 1. The molecule has 1 atom stereocenters. The standard InChI is InChI=1S/C21H21N5O6/c22-17(27)10-4-2-7-14(25-21(30)31)19(28)24-15-8-5-11-26(20(15)29)12-18-23-13-6-1-3-9-16(13)32-18/h1,3-6,8-11,14,25H,2,7,12H2,(H2,22,27)(H,24,28)(H,30,31)/b10-4+/t14-/m0/s1. The molecule has 0 fully saturated rings. The minimum atomic E-state index is -1.40. The fraction of sp³-hybridized carbons (Fsp3) is 0.190. The number of carboxylic acid groups (broad SMARTS) is 1. The summed E-state index contributed by atoms with van der Waals surface area (Å²) >= 11 is 0. The van der Waals surface area contributed by atoms with E-state index in [1.165, 1.54) is 22.9 Å². The lowest BCUT2D eigenvalue weighted by Gasteiger charge is -2.16. The molecule has 2 heterocycles. The molecule has 0 saturated carbocycles. The number of benzene rings is 1. The number of nitrogens with zero attached hydrogens (tertiary/aromatic N) is 2. The predicted molar refractivity (Wildman–Crippen MR) is 115 cm³/mol. The molecule has 0 aliphatic carbocycles. The Morgan fingerprint density at radius 1 is 1.22 bits per heavy atom. The number of nitrogens with two attached hydrogens (primary N) is 1. The van der Waals surface area contributed by atoms with Gasteiger partial charge in [0.1, 0.15) is 23.8 Å². The summed E-state index contributed by atoms with van der Waals surface area (Å²) in [6, 6.07) is 9.01. The van der Waals surface area contributed by atoms with Crippen molar-refractivity contribution in [2.75, 3.05) is 5.32 Å². The third kappa shape index (κ3) is 5.81. The highest BCUT2D eigenvalue weighted by Gasteiger charge is 2.21. The Bertz CT molecular complexity index is 1200. The van der Waals surface area contributed by atoms with Crippen LogP contribution in [-0.4, -0.2) is 38.6 Å². The van der Waals surface area contributed by atoms with Gasteiger partial charge in [0, 0.05) is 6.20 Å². The van der Waals surface area contributed by atoms with Gasteiger partial charge in [0.15, 0.2) is 5.58 Å². The van der Waals surface area contributed by atoms with Gasteiger partial charge < -0.3 is 30.5 Å². The van der Waals surface area contributed by atoms with Crippen molar-refractivity contribution in [2.45, 2.75) is 25.4 Å². The van der Waals surface area contributed by atoms with E-state index < -0.39 is 29.5 Å². The number of para-hydroxylation sites is 2. The van der Waals surface area contributed by atoms with Crippen LogP contribution in [0.5, 0.6) is 0 Å². The van der Waals surface area contributed by atoms with Crippen molar-refractivity contribution >= 4 is 34.7 Å². The average molecular weight is 439 g/mol. The molecule has 11 nitrogen and oxygen atoms in total. The Kier molecular flexibility index (Phi) is 7.01. The second-order valence-electron chi connectivity index (χ2n) is 6.80. The van der Waals surface area contributed by atoms with Gasteiger partial charge in [-0.25, -0.2) is 9.78 Å². The molecule has 3 amide bonds. The molecule has 32 heavy (non-hydrogen) atoms. The SMILES string of the molecule is NC(=O)/C=C/CC[C@H](NC(=O)O)C(=O)Nc1cccn(Cc2nc3ccccc3o2)c1=O. The molecule has 0 unspecified atom stereocenters. The van der Waals surface area contributed by atoms with Crippen LogP contribution in [0.2, 0.25) is 0 Å². The van der Waals surface area contributed by atoms with E-state index in [0.29, 0.717) is 17.0 Å². The minimum Gasteiger partial charge on any atom is -0.465 e. The van der Waals surface area contributed by atoms with Crippen LogP contribution in [-0.2, 0) is 16.1 Å². The molecule has 0 saturated heterocycles. The summed E-state index contributed by atoms with van der Waals surface area (Å²) in [5, 5.41) is 13.6. The second-order valence-corrected chi connectivity index (χ2v) is 6.80. The fourth-order valence-corrected chi connectivity index (χ4v) is 2.99. The molecular formula is C21H21N5O6. The summed E-state index contributed by atoms with van der Waals surface area (Å²) in [5.74, 6) is -1.04. The van der Waals surface area contributed by atoms with Gasteiger partial charge in [-0.2, -0.15) is 0 Å². The number of anilines is 1. The highest BCUT2D eigenvalue weighted by atomic mass is 16.4. The highest BCUT2D eigenvalue weighted by Crippen LogP contribution is 2.15. The third-order valence-corrected chi connectivity index (χ3v) is 4.44. The number of rotatable bonds is 9. The zero-order valence-corrected chi connectivity index (χ0v) is 16.9. The molecule has 5 N–H and O–H groups in total. The molecule has 3 rings (SSSR count). The Hall–Kier alpha value is -4.41. The zero-order valence-electron chi connectivity index (χ0n) is 16.9. The molecular weight excluding hydrogens is 418 g/mol. The summed E-state index contributed by atoms with van der Waals surface area (Å²) in [6.45, 7) is 0.0476. The van der Waals surface area contributed by atoms with Crippen LogP contribution in [0.3, 0.4) is 0 Å².